The Morgan fingerprint density at radius 1 is 1.23 bits per heavy atom. The van der Waals surface area contributed by atoms with Gasteiger partial charge in [-0.2, -0.15) is 0 Å². The highest BCUT2D eigenvalue weighted by Crippen LogP contribution is 2.22. The molecule has 30 heavy (non-hydrogen) atoms. The van der Waals surface area contributed by atoms with Gasteiger partial charge in [0.1, 0.15) is 4.70 Å². The van der Waals surface area contributed by atoms with E-state index < -0.39 is 5.69 Å². The lowest BCUT2D eigenvalue weighted by Gasteiger charge is -2.41. The van der Waals surface area contributed by atoms with Crippen molar-refractivity contribution in [2.24, 2.45) is 0 Å². The number of aromatic nitrogens is 2. The van der Waals surface area contributed by atoms with E-state index in [1.165, 1.54) is 27.2 Å². The molecule has 0 spiro atoms. The minimum Gasteiger partial charge on any atom is -0.365 e. The molecule has 1 atom stereocenters. The van der Waals surface area contributed by atoms with Crippen LogP contribution in [0, 0.1) is 6.92 Å². The largest absolute Gasteiger partial charge is 0.365 e. The molecule has 1 unspecified atom stereocenters. The van der Waals surface area contributed by atoms with E-state index in [-0.39, 0.29) is 24.1 Å². The average Bonchev–Trinajstić information content (AvgIpc) is 3.18. The normalized spacial score (nSPS) is 16.9. The number of H-pyrrole nitrogens is 1. The summed E-state index contributed by atoms with van der Waals surface area (Å²) >= 11 is 1.32. The lowest BCUT2D eigenvalue weighted by Crippen LogP contribution is -2.53. The summed E-state index contributed by atoms with van der Waals surface area (Å²) in [4.78, 5) is 44.3. The predicted molar refractivity (Wildman–Crippen MR) is 121 cm³/mol. The lowest BCUT2D eigenvalue weighted by atomic mass is 10.1. The highest BCUT2D eigenvalue weighted by Gasteiger charge is 2.26. The number of fused-ring (bicyclic) bond motifs is 1. The van der Waals surface area contributed by atoms with Crippen LogP contribution in [-0.2, 0) is 11.3 Å². The third-order valence-electron chi connectivity index (χ3n) is 5.68. The molecule has 4 rings (SSSR count). The molecule has 0 radical (unpaired) electrons. The maximum atomic E-state index is 12.7. The average molecular weight is 427 g/mol. The zero-order valence-electron chi connectivity index (χ0n) is 17.3. The maximum absolute atomic E-state index is 12.7. The summed E-state index contributed by atoms with van der Waals surface area (Å²) in [5.41, 5.74) is 2.29. The number of hydrogen-bond donors (Lipinski definition) is 1. The summed E-state index contributed by atoms with van der Waals surface area (Å²) in [6.07, 6.45) is 0.788. The molecule has 0 saturated carbocycles. The van der Waals surface area contributed by atoms with Crippen molar-refractivity contribution in [1.82, 2.24) is 14.5 Å². The van der Waals surface area contributed by atoms with E-state index in [4.69, 9.17) is 0 Å². The molecule has 1 fully saturated rings. The van der Waals surface area contributed by atoms with E-state index in [1.807, 2.05) is 4.90 Å². The number of piperazine rings is 1. The number of thiophene rings is 1. The molecule has 1 aliphatic rings. The molecule has 158 valence electrons. The fourth-order valence-corrected chi connectivity index (χ4v) is 4.89. The van der Waals surface area contributed by atoms with E-state index in [2.05, 4.69) is 48.0 Å². The summed E-state index contributed by atoms with van der Waals surface area (Å²) in [6, 6.07) is 10.4. The second-order valence-corrected chi connectivity index (χ2v) is 8.79. The Balaban J connectivity index is 1.34. The van der Waals surface area contributed by atoms with Crippen LogP contribution >= 0.6 is 11.3 Å². The van der Waals surface area contributed by atoms with Crippen LogP contribution in [0.3, 0.4) is 0 Å². The molecule has 1 aliphatic heterocycles. The van der Waals surface area contributed by atoms with Crippen LogP contribution in [0.15, 0.2) is 45.3 Å². The second-order valence-electron chi connectivity index (χ2n) is 7.88. The van der Waals surface area contributed by atoms with E-state index in [0.717, 1.165) is 6.54 Å². The number of nitrogens with zero attached hydrogens (tertiary/aromatic N) is 3. The highest BCUT2D eigenvalue weighted by molar-refractivity contribution is 7.17. The maximum Gasteiger partial charge on any atom is 0.328 e. The Bertz CT molecular complexity index is 1180. The van der Waals surface area contributed by atoms with Crippen LogP contribution in [0.1, 0.15) is 25.3 Å². The molecule has 8 heteroatoms. The molecular formula is C22H26N4O3S. The number of nitrogens with one attached hydrogen (secondary N) is 1. The number of carbonyl (C=O) groups is 1. The first kappa shape index (κ1) is 20.4. The minimum atomic E-state index is -0.418. The van der Waals surface area contributed by atoms with E-state index in [9.17, 15) is 14.4 Å². The Morgan fingerprint density at radius 2 is 2.07 bits per heavy atom. The van der Waals surface area contributed by atoms with Gasteiger partial charge in [-0.15, -0.1) is 11.3 Å². The number of benzene rings is 1. The topological polar surface area (TPSA) is 78.4 Å². The van der Waals surface area contributed by atoms with Crippen LogP contribution in [0.5, 0.6) is 0 Å². The first-order chi connectivity index (χ1) is 14.4. The van der Waals surface area contributed by atoms with E-state index >= 15 is 0 Å². The van der Waals surface area contributed by atoms with Gasteiger partial charge in [0.05, 0.1) is 5.52 Å². The third-order valence-corrected chi connectivity index (χ3v) is 6.58. The summed E-state index contributed by atoms with van der Waals surface area (Å²) < 4.78 is 1.74. The van der Waals surface area contributed by atoms with Crippen LogP contribution in [0.4, 0.5) is 5.69 Å². The first-order valence-corrected chi connectivity index (χ1v) is 11.1. The third kappa shape index (κ3) is 4.05. The van der Waals surface area contributed by atoms with Gasteiger partial charge >= 0.3 is 5.69 Å². The number of aryl methyl sites for hydroxylation is 1. The summed E-state index contributed by atoms with van der Waals surface area (Å²) in [6.45, 7) is 6.61. The zero-order valence-corrected chi connectivity index (χ0v) is 18.1. The Kier molecular flexibility index (Phi) is 5.76. The number of carbonyl (C=O) groups excluding carboxylic acids is 1. The monoisotopic (exact) mass is 426 g/mol. The molecule has 1 saturated heterocycles. The summed E-state index contributed by atoms with van der Waals surface area (Å²) in [5, 5.41) is 1.79. The number of rotatable bonds is 5. The molecule has 3 heterocycles. The molecule has 1 amide bonds. The molecular weight excluding hydrogens is 400 g/mol. The first-order valence-electron chi connectivity index (χ1n) is 10.3. The van der Waals surface area contributed by atoms with Gasteiger partial charge in [0.25, 0.3) is 5.56 Å². The van der Waals surface area contributed by atoms with Crippen LogP contribution < -0.4 is 16.1 Å². The number of amides is 1. The Labute approximate surface area is 178 Å². The van der Waals surface area contributed by atoms with Crippen molar-refractivity contribution in [2.75, 3.05) is 24.5 Å². The van der Waals surface area contributed by atoms with Gasteiger partial charge in [0.15, 0.2) is 0 Å². The van der Waals surface area contributed by atoms with Crippen molar-refractivity contribution in [1.29, 1.82) is 0 Å². The second kappa shape index (κ2) is 8.47. The van der Waals surface area contributed by atoms with Crippen LogP contribution in [0.25, 0.3) is 10.2 Å². The Morgan fingerprint density at radius 3 is 2.83 bits per heavy atom. The van der Waals surface area contributed by atoms with Crippen molar-refractivity contribution in [2.45, 2.75) is 39.3 Å². The molecule has 3 aromatic rings. The lowest BCUT2D eigenvalue weighted by molar-refractivity contribution is -0.132. The van der Waals surface area contributed by atoms with Crippen LogP contribution in [-0.4, -0.2) is 46.0 Å². The standard InChI is InChI=1S/C22H26N4O3S/c1-15-5-3-6-17(13-15)25-11-10-24(14-16(25)2)19(27)7-4-9-26-21(28)20-18(8-12-30-20)23-22(26)29/h3,5-6,8,12-13,16H,4,7,9-11,14H2,1-2H3,(H,23,29). The summed E-state index contributed by atoms with van der Waals surface area (Å²) in [5.74, 6) is 0.0763. The quantitative estimate of drug-likeness (QED) is 0.680. The van der Waals surface area contributed by atoms with Crippen LogP contribution in [0.2, 0.25) is 0 Å². The fourth-order valence-electron chi connectivity index (χ4n) is 4.09. The summed E-state index contributed by atoms with van der Waals surface area (Å²) in [7, 11) is 0. The van der Waals surface area contributed by atoms with Crippen molar-refractivity contribution < 1.29 is 4.79 Å². The molecule has 0 aliphatic carbocycles. The van der Waals surface area contributed by atoms with E-state index in [1.54, 1.807) is 11.4 Å². The predicted octanol–water partition coefficient (Wildman–Crippen LogP) is 2.58. The minimum absolute atomic E-state index is 0.0763. The molecule has 1 aromatic carbocycles. The molecule has 7 nitrogen and oxygen atoms in total. The van der Waals surface area contributed by atoms with Gasteiger partial charge in [-0.05, 0) is 49.4 Å². The van der Waals surface area contributed by atoms with Crippen molar-refractivity contribution in [3.05, 3.63) is 62.1 Å². The highest BCUT2D eigenvalue weighted by atomic mass is 32.1. The number of hydrogen-bond acceptors (Lipinski definition) is 5. The van der Waals surface area contributed by atoms with Gasteiger partial charge in [0, 0.05) is 44.3 Å². The Hall–Kier alpha value is -2.87. The van der Waals surface area contributed by atoms with Gasteiger partial charge in [0.2, 0.25) is 5.91 Å². The zero-order chi connectivity index (χ0) is 21.3. The van der Waals surface area contributed by atoms with Crippen molar-refractivity contribution in [3.63, 3.8) is 0 Å². The number of anilines is 1. The molecule has 1 N–H and O–H groups in total. The smallest absolute Gasteiger partial charge is 0.328 e. The van der Waals surface area contributed by atoms with Crippen molar-refractivity contribution in [3.8, 4) is 0 Å². The molecule has 2 aromatic heterocycles. The fraction of sp³-hybridized carbons (Fsp3) is 0.409. The molecule has 0 bridgehead atoms. The van der Waals surface area contributed by atoms with Gasteiger partial charge in [-0.25, -0.2) is 4.79 Å². The van der Waals surface area contributed by atoms with Crippen molar-refractivity contribution >= 4 is 33.1 Å². The van der Waals surface area contributed by atoms with Gasteiger partial charge in [-0.3, -0.25) is 14.2 Å². The van der Waals surface area contributed by atoms with E-state index in [0.29, 0.717) is 36.1 Å². The SMILES string of the molecule is Cc1cccc(N2CCN(C(=O)CCCn3c(=O)[nH]c4ccsc4c3=O)CC2C)c1. The number of aromatic amines is 1. The van der Waals surface area contributed by atoms with Gasteiger partial charge < -0.3 is 14.8 Å². The van der Waals surface area contributed by atoms with Gasteiger partial charge in [-0.1, -0.05) is 12.1 Å².